The summed E-state index contributed by atoms with van der Waals surface area (Å²) in [7, 11) is 0. The number of alkyl halides is 1. The third-order valence-electron chi connectivity index (χ3n) is 3.17. The van der Waals surface area contributed by atoms with Crippen LogP contribution in [-0.4, -0.2) is 32.6 Å². The normalized spacial score (nSPS) is 10.5. The van der Waals surface area contributed by atoms with E-state index in [1.165, 1.54) is 0 Å². The van der Waals surface area contributed by atoms with Crippen molar-refractivity contribution in [1.29, 1.82) is 0 Å². The van der Waals surface area contributed by atoms with Crippen LogP contribution >= 0.6 is 0 Å². The highest BCUT2D eigenvalue weighted by Crippen LogP contribution is 2.16. The summed E-state index contributed by atoms with van der Waals surface area (Å²) in [5.74, 6) is 4.95. The van der Waals surface area contributed by atoms with E-state index in [4.69, 9.17) is 0 Å². The molecule has 2 N–H and O–H groups in total. The summed E-state index contributed by atoms with van der Waals surface area (Å²) in [6.07, 6.45) is 1.87. The molecule has 0 spiro atoms. The third-order valence-corrected chi connectivity index (χ3v) is 3.17. The molecule has 0 aliphatic carbocycles. The lowest BCUT2D eigenvalue weighted by molar-refractivity contribution is 0.0988. The maximum atomic E-state index is 12.1. The highest BCUT2D eigenvalue weighted by molar-refractivity contribution is 5.96. The van der Waals surface area contributed by atoms with Gasteiger partial charge in [-0.2, -0.15) is 5.10 Å². The molecular formula is C16H13FN4O. The van der Waals surface area contributed by atoms with Crippen LogP contribution in [0.15, 0.2) is 24.4 Å². The Hall–Kier alpha value is -2.94. The fraction of sp³-hybridized carbons (Fsp3) is 0.188. The summed E-state index contributed by atoms with van der Waals surface area (Å²) in [4.78, 5) is 19.4. The second kappa shape index (κ2) is 5.82. The number of fused-ring (bicyclic) bond motifs is 1. The quantitative estimate of drug-likeness (QED) is 0.575. The molecule has 0 radical (unpaired) electrons. The number of carbonyl (C=O) groups excluding carboxylic acids is 1. The van der Waals surface area contributed by atoms with E-state index in [0.717, 1.165) is 16.6 Å². The Morgan fingerprint density at radius 1 is 1.36 bits per heavy atom. The van der Waals surface area contributed by atoms with Gasteiger partial charge in [-0.15, -0.1) is 0 Å². The number of Topliss-reactive ketones (excluding diaryl/α,β-unsaturated/α-hetero) is 1. The first-order valence-corrected chi connectivity index (χ1v) is 6.73. The molecule has 22 heavy (non-hydrogen) atoms. The summed E-state index contributed by atoms with van der Waals surface area (Å²) < 4.78 is 12.1. The fourth-order valence-electron chi connectivity index (χ4n) is 2.19. The molecule has 5 nitrogen and oxygen atoms in total. The van der Waals surface area contributed by atoms with E-state index >= 15 is 0 Å². The smallest absolute Gasteiger partial charge is 0.187 e. The number of rotatable bonds is 3. The van der Waals surface area contributed by atoms with Gasteiger partial charge in [-0.1, -0.05) is 5.92 Å². The van der Waals surface area contributed by atoms with Gasteiger partial charge in [-0.25, -0.2) is 9.37 Å². The van der Waals surface area contributed by atoms with Crippen LogP contribution in [0.5, 0.6) is 0 Å². The van der Waals surface area contributed by atoms with Gasteiger partial charge >= 0.3 is 0 Å². The number of aromatic nitrogens is 4. The summed E-state index contributed by atoms with van der Waals surface area (Å²) in [6, 6.07) is 5.38. The number of ketones is 1. The SMILES string of the molecule is Cc1cc(C(=O)Cc2cnc3[nH]c(C#CCF)cc3c2)n[nH]1. The topological polar surface area (TPSA) is 74.4 Å². The van der Waals surface area contributed by atoms with Crippen molar-refractivity contribution < 1.29 is 9.18 Å². The first kappa shape index (κ1) is 14.0. The van der Waals surface area contributed by atoms with Crippen molar-refractivity contribution >= 4 is 16.8 Å². The monoisotopic (exact) mass is 296 g/mol. The number of nitrogens with one attached hydrogen (secondary N) is 2. The first-order chi connectivity index (χ1) is 10.7. The zero-order valence-electron chi connectivity index (χ0n) is 11.9. The largest absolute Gasteiger partial charge is 0.333 e. The van der Waals surface area contributed by atoms with Crippen LogP contribution in [0.25, 0.3) is 11.0 Å². The molecule has 3 aromatic rings. The van der Waals surface area contributed by atoms with Crippen LogP contribution in [0.1, 0.15) is 27.4 Å². The second-order valence-corrected chi connectivity index (χ2v) is 4.94. The van der Waals surface area contributed by atoms with E-state index in [0.29, 0.717) is 17.0 Å². The number of hydrogen-bond acceptors (Lipinski definition) is 3. The third kappa shape index (κ3) is 2.88. The van der Waals surface area contributed by atoms with Crippen LogP contribution in [0, 0.1) is 18.8 Å². The lowest BCUT2D eigenvalue weighted by Crippen LogP contribution is -2.04. The van der Waals surface area contributed by atoms with Gasteiger partial charge in [0.15, 0.2) is 12.5 Å². The highest BCUT2D eigenvalue weighted by Gasteiger charge is 2.11. The predicted molar refractivity (Wildman–Crippen MR) is 80.3 cm³/mol. The molecule has 0 fully saturated rings. The molecule has 0 bridgehead atoms. The van der Waals surface area contributed by atoms with E-state index in [-0.39, 0.29) is 12.2 Å². The van der Waals surface area contributed by atoms with Crippen molar-refractivity contribution in [3.8, 4) is 11.8 Å². The summed E-state index contributed by atoms with van der Waals surface area (Å²) in [5, 5.41) is 7.55. The van der Waals surface area contributed by atoms with Crippen LogP contribution in [0.4, 0.5) is 4.39 Å². The molecule has 0 saturated heterocycles. The molecular weight excluding hydrogens is 283 g/mol. The molecule has 0 saturated carbocycles. The Balaban J connectivity index is 1.84. The molecule has 0 aliphatic heterocycles. The van der Waals surface area contributed by atoms with Gasteiger partial charge in [0.25, 0.3) is 0 Å². The van der Waals surface area contributed by atoms with Crippen LogP contribution in [0.2, 0.25) is 0 Å². The Bertz CT molecular complexity index is 898. The number of H-pyrrole nitrogens is 2. The molecule has 0 aromatic carbocycles. The van der Waals surface area contributed by atoms with Crippen molar-refractivity contribution in [1.82, 2.24) is 20.2 Å². The van der Waals surface area contributed by atoms with Gasteiger partial charge in [0.05, 0.1) is 5.69 Å². The molecule has 110 valence electrons. The average Bonchev–Trinajstić information content (AvgIpc) is 3.10. The lowest BCUT2D eigenvalue weighted by Gasteiger charge is -1.98. The summed E-state index contributed by atoms with van der Waals surface area (Å²) >= 11 is 0. The second-order valence-electron chi connectivity index (χ2n) is 4.94. The van der Waals surface area contributed by atoms with E-state index in [1.807, 2.05) is 13.0 Å². The molecule has 0 aliphatic rings. The molecule has 6 heteroatoms. The molecule has 0 amide bonds. The van der Waals surface area contributed by atoms with Crippen LogP contribution in [0.3, 0.4) is 0 Å². The average molecular weight is 296 g/mol. The van der Waals surface area contributed by atoms with Gasteiger partial charge in [0, 0.05) is 23.7 Å². The van der Waals surface area contributed by atoms with E-state index in [2.05, 4.69) is 32.0 Å². The molecule has 0 unspecified atom stereocenters. The maximum Gasteiger partial charge on any atom is 0.187 e. The summed E-state index contributed by atoms with van der Waals surface area (Å²) in [5.41, 5.74) is 3.32. The predicted octanol–water partition coefficient (Wildman–Crippen LogP) is 2.34. The van der Waals surface area contributed by atoms with E-state index < -0.39 is 6.67 Å². The Kier molecular flexibility index (Phi) is 3.71. The number of carbonyl (C=O) groups is 1. The summed E-state index contributed by atoms with van der Waals surface area (Å²) in [6.45, 7) is 1.16. The lowest BCUT2D eigenvalue weighted by atomic mass is 10.1. The zero-order chi connectivity index (χ0) is 15.5. The molecule has 3 rings (SSSR count). The number of hydrogen-bond donors (Lipinski definition) is 2. The number of halogens is 1. The Morgan fingerprint density at radius 2 is 2.23 bits per heavy atom. The van der Waals surface area contributed by atoms with Gasteiger partial charge < -0.3 is 4.98 Å². The standard InChI is InChI=1S/C16H13FN4O/c1-10-5-14(21-20-10)15(22)7-11-6-12-8-13(3-2-4-17)19-16(12)18-9-11/h5-6,8-9H,4,7H2,1H3,(H,18,19)(H,20,21). The van der Waals surface area contributed by atoms with Gasteiger partial charge in [-0.3, -0.25) is 9.89 Å². The van der Waals surface area contributed by atoms with Crippen molar-refractivity contribution in [3.05, 3.63) is 47.0 Å². The van der Waals surface area contributed by atoms with Crippen molar-refractivity contribution in [3.63, 3.8) is 0 Å². The minimum atomic E-state index is -0.689. The minimum Gasteiger partial charge on any atom is -0.333 e. The van der Waals surface area contributed by atoms with E-state index in [1.54, 1.807) is 18.3 Å². The Morgan fingerprint density at radius 3 is 2.95 bits per heavy atom. The highest BCUT2D eigenvalue weighted by atomic mass is 19.1. The molecule has 3 heterocycles. The fourth-order valence-corrected chi connectivity index (χ4v) is 2.19. The molecule has 3 aromatic heterocycles. The van der Waals surface area contributed by atoms with Gasteiger partial charge in [0.1, 0.15) is 11.3 Å². The van der Waals surface area contributed by atoms with Crippen molar-refractivity contribution in [2.24, 2.45) is 0 Å². The number of aryl methyl sites for hydroxylation is 1. The van der Waals surface area contributed by atoms with Gasteiger partial charge in [-0.05, 0) is 36.6 Å². The van der Waals surface area contributed by atoms with E-state index in [9.17, 15) is 9.18 Å². The number of pyridine rings is 1. The minimum absolute atomic E-state index is 0.0709. The number of aromatic amines is 2. The number of nitrogens with zero attached hydrogens (tertiary/aromatic N) is 2. The first-order valence-electron chi connectivity index (χ1n) is 6.73. The zero-order valence-corrected chi connectivity index (χ0v) is 11.9. The van der Waals surface area contributed by atoms with Crippen LogP contribution in [-0.2, 0) is 6.42 Å². The van der Waals surface area contributed by atoms with Crippen molar-refractivity contribution in [2.75, 3.05) is 6.67 Å². The van der Waals surface area contributed by atoms with Crippen LogP contribution < -0.4 is 0 Å². The maximum absolute atomic E-state index is 12.1. The van der Waals surface area contributed by atoms with Crippen molar-refractivity contribution in [2.45, 2.75) is 13.3 Å². The molecule has 0 atom stereocenters. The van der Waals surface area contributed by atoms with Gasteiger partial charge in [0.2, 0.25) is 0 Å². The Labute approximate surface area is 126 Å².